The molecule has 1 aromatic rings. The summed E-state index contributed by atoms with van der Waals surface area (Å²) in [6.45, 7) is 0. The van der Waals surface area contributed by atoms with Gasteiger partial charge in [-0.3, -0.25) is 0 Å². The van der Waals surface area contributed by atoms with Gasteiger partial charge in [0.05, 0.1) is 7.11 Å². The predicted molar refractivity (Wildman–Crippen MR) is 50.9 cm³/mol. The molecule has 0 saturated carbocycles. The number of benzene rings is 1. The summed E-state index contributed by atoms with van der Waals surface area (Å²) in [5.74, 6) is -3.42. The van der Waals surface area contributed by atoms with E-state index in [2.05, 4.69) is 4.74 Å². The topological polar surface area (TPSA) is 81.4 Å². The van der Waals surface area contributed by atoms with Gasteiger partial charge in [-0.15, -0.1) is 0 Å². The number of esters is 1. The molecular weight excluding hydrogens is 222 g/mol. The summed E-state index contributed by atoms with van der Waals surface area (Å²) in [5, 5.41) is 1.98. The lowest BCUT2D eigenvalue weighted by atomic mass is 10.2. The van der Waals surface area contributed by atoms with Crippen molar-refractivity contribution in [1.29, 1.82) is 0 Å². The van der Waals surface area contributed by atoms with Crippen molar-refractivity contribution in [3.05, 3.63) is 29.3 Å². The van der Waals surface area contributed by atoms with Gasteiger partial charge in [-0.1, -0.05) is 0 Å². The highest BCUT2D eigenvalue weighted by Gasteiger charge is 2.19. The van der Waals surface area contributed by atoms with Crippen LogP contribution in [-0.4, -0.2) is 19.1 Å². The third kappa shape index (κ3) is 2.44. The van der Waals surface area contributed by atoms with Crippen LogP contribution in [0.25, 0.3) is 0 Å². The molecule has 0 aliphatic heterocycles. The van der Waals surface area contributed by atoms with Gasteiger partial charge in [0.25, 0.3) is 0 Å². The van der Waals surface area contributed by atoms with Gasteiger partial charge in [-0.05, 0) is 12.1 Å². The van der Waals surface area contributed by atoms with Crippen LogP contribution in [-0.2, 0) is 4.74 Å². The summed E-state index contributed by atoms with van der Waals surface area (Å²) in [6.07, 6.45) is 0. The van der Waals surface area contributed by atoms with Crippen LogP contribution < -0.4 is 11.1 Å². The van der Waals surface area contributed by atoms with E-state index in [1.54, 1.807) is 0 Å². The summed E-state index contributed by atoms with van der Waals surface area (Å²) in [4.78, 5) is 21.4. The fraction of sp³-hybridized carbons (Fsp3) is 0.111. The van der Waals surface area contributed by atoms with E-state index in [1.807, 2.05) is 5.32 Å². The van der Waals surface area contributed by atoms with Crippen molar-refractivity contribution in [2.45, 2.75) is 0 Å². The normalized spacial score (nSPS) is 9.69. The molecule has 3 N–H and O–H groups in total. The number of amides is 2. The number of nitrogens with one attached hydrogen (secondary N) is 1. The highest BCUT2D eigenvalue weighted by Crippen LogP contribution is 2.19. The Morgan fingerprint density at radius 2 is 1.81 bits per heavy atom. The molecule has 0 atom stereocenters. The summed E-state index contributed by atoms with van der Waals surface area (Å²) in [5.41, 5.74) is 3.76. The second-order valence-corrected chi connectivity index (χ2v) is 2.80. The number of methoxy groups -OCH3 is 1. The van der Waals surface area contributed by atoms with E-state index in [4.69, 9.17) is 5.73 Å². The number of carbonyl (C=O) groups excluding carboxylic acids is 2. The van der Waals surface area contributed by atoms with E-state index in [-0.39, 0.29) is 5.69 Å². The molecule has 0 unspecified atom stereocenters. The number of nitrogens with two attached hydrogens (primary N) is 1. The molecule has 0 bridgehead atoms. The highest BCUT2D eigenvalue weighted by atomic mass is 19.1. The van der Waals surface area contributed by atoms with Gasteiger partial charge in [-0.2, -0.15) is 0 Å². The number of anilines is 1. The Morgan fingerprint density at radius 3 is 2.19 bits per heavy atom. The number of halogens is 2. The van der Waals surface area contributed by atoms with Crippen molar-refractivity contribution in [3.63, 3.8) is 0 Å². The molecule has 7 heteroatoms. The van der Waals surface area contributed by atoms with Crippen LogP contribution >= 0.6 is 0 Å². The van der Waals surface area contributed by atoms with E-state index in [9.17, 15) is 18.4 Å². The lowest BCUT2D eigenvalue weighted by Crippen LogP contribution is -2.20. The lowest BCUT2D eigenvalue weighted by Gasteiger charge is -2.06. The zero-order chi connectivity index (χ0) is 12.3. The first kappa shape index (κ1) is 11.9. The molecule has 0 aliphatic carbocycles. The average molecular weight is 230 g/mol. The largest absolute Gasteiger partial charge is 0.465 e. The minimum Gasteiger partial charge on any atom is -0.465 e. The number of carbonyl (C=O) groups is 2. The molecule has 0 saturated heterocycles. The zero-order valence-corrected chi connectivity index (χ0v) is 8.21. The maximum Gasteiger partial charge on any atom is 0.343 e. The SMILES string of the molecule is COC(=O)c1c(F)cc(NC(N)=O)cc1F. The second-order valence-electron chi connectivity index (χ2n) is 2.80. The maximum absolute atomic E-state index is 13.3. The van der Waals surface area contributed by atoms with E-state index in [0.717, 1.165) is 19.2 Å². The van der Waals surface area contributed by atoms with E-state index >= 15 is 0 Å². The van der Waals surface area contributed by atoms with Crippen molar-refractivity contribution in [1.82, 2.24) is 0 Å². The number of hydrogen-bond acceptors (Lipinski definition) is 3. The smallest absolute Gasteiger partial charge is 0.343 e. The number of urea groups is 1. The lowest BCUT2D eigenvalue weighted by molar-refractivity contribution is 0.0590. The third-order valence-corrected chi connectivity index (χ3v) is 1.70. The molecule has 1 aromatic carbocycles. The monoisotopic (exact) mass is 230 g/mol. The quantitative estimate of drug-likeness (QED) is 0.750. The van der Waals surface area contributed by atoms with E-state index in [0.29, 0.717) is 0 Å². The molecule has 0 aliphatic rings. The molecule has 5 nitrogen and oxygen atoms in total. The molecule has 0 fully saturated rings. The maximum atomic E-state index is 13.3. The van der Waals surface area contributed by atoms with Gasteiger partial charge in [-0.25, -0.2) is 18.4 Å². The number of primary amides is 1. The number of hydrogen-bond donors (Lipinski definition) is 2. The Labute approximate surface area is 89.2 Å². The third-order valence-electron chi connectivity index (χ3n) is 1.70. The minimum absolute atomic E-state index is 0.185. The van der Waals surface area contributed by atoms with Crippen LogP contribution in [0.4, 0.5) is 19.3 Å². The molecule has 1 rings (SSSR count). The van der Waals surface area contributed by atoms with Gasteiger partial charge in [0.2, 0.25) is 0 Å². The standard InChI is InChI=1S/C9H8F2N2O3/c1-16-8(14)7-5(10)2-4(3-6(7)11)13-9(12)15/h2-3H,1H3,(H3,12,13,15). The Balaban J connectivity index is 3.17. The molecule has 2 amide bonds. The molecular formula is C9H8F2N2O3. The van der Waals surface area contributed by atoms with Crippen molar-refractivity contribution >= 4 is 17.7 Å². The van der Waals surface area contributed by atoms with Crippen LogP contribution in [0.1, 0.15) is 10.4 Å². The highest BCUT2D eigenvalue weighted by molar-refractivity contribution is 5.92. The Hall–Kier alpha value is -2.18. The minimum atomic E-state index is -1.14. The molecule has 0 heterocycles. The van der Waals surface area contributed by atoms with Crippen LogP contribution in [0, 0.1) is 11.6 Å². The van der Waals surface area contributed by atoms with Crippen molar-refractivity contribution in [2.75, 3.05) is 12.4 Å². The number of rotatable bonds is 2. The Kier molecular flexibility index (Phi) is 3.39. The summed E-state index contributed by atoms with van der Waals surface area (Å²) in [6, 6.07) is 0.560. The first-order valence-corrected chi connectivity index (χ1v) is 4.09. The van der Waals surface area contributed by atoms with Gasteiger partial charge < -0.3 is 15.8 Å². The fourth-order valence-electron chi connectivity index (χ4n) is 1.08. The van der Waals surface area contributed by atoms with Crippen LogP contribution in [0.2, 0.25) is 0 Å². The van der Waals surface area contributed by atoms with Gasteiger partial charge in [0.1, 0.15) is 17.2 Å². The van der Waals surface area contributed by atoms with Gasteiger partial charge in [0.15, 0.2) is 0 Å². The summed E-state index contributed by atoms with van der Waals surface area (Å²) >= 11 is 0. The fourth-order valence-corrected chi connectivity index (χ4v) is 1.08. The summed E-state index contributed by atoms with van der Waals surface area (Å²) < 4.78 is 30.7. The Bertz CT molecular complexity index is 425. The van der Waals surface area contributed by atoms with Gasteiger partial charge >= 0.3 is 12.0 Å². The zero-order valence-electron chi connectivity index (χ0n) is 8.21. The van der Waals surface area contributed by atoms with Crippen LogP contribution in [0.5, 0.6) is 0 Å². The predicted octanol–water partition coefficient (Wildman–Crippen LogP) is 1.24. The van der Waals surface area contributed by atoms with E-state index in [1.165, 1.54) is 0 Å². The van der Waals surface area contributed by atoms with Crippen molar-refractivity contribution in [3.8, 4) is 0 Å². The van der Waals surface area contributed by atoms with Crippen molar-refractivity contribution < 1.29 is 23.1 Å². The molecule has 86 valence electrons. The van der Waals surface area contributed by atoms with Crippen LogP contribution in [0.15, 0.2) is 12.1 Å². The molecule has 0 aromatic heterocycles. The van der Waals surface area contributed by atoms with Crippen LogP contribution in [0.3, 0.4) is 0 Å². The number of ether oxygens (including phenoxy) is 1. The molecule has 0 radical (unpaired) electrons. The first-order valence-electron chi connectivity index (χ1n) is 4.09. The van der Waals surface area contributed by atoms with Crippen molar-refractivity contribution in [2.24, 2.45) is 5.73 Å². The van der Waals surface area contributed by atoms with E-state index < -0.39 is 29.2 Å². The molecule has 0 spiro atoms. The van der Waals surface area contributed by atoms with Gasteiger partial charge in [0, 0.05) is 5.69 Å². The first-order chi connectivity index (χ1) is 7.45. The average Bonchev–Trinajstić information content (AvgIpc) is 2.15. The second kappa shape index (κ2) is 4.56. The molecule has 16 heavy (non-hydrogen) atoms. The Morgan fingerprint density at radius 1 is 1.31 bits per heavy atom. The summed E-state index contributed by atoms with van der Waals surface area (Å²) in [7, 11) is 0.997.